The molecule has 5 nitrogen and oxygen atoms in total. The lowest BCUT2D eigenvalue weighted by Crippen LogP contribution is -2.03. The van der Waals surface area contributed by atoms with E-state index < -0.39 is 0 Å². The van der Waals surface area contributed by atoms with Gasteiger partial charge in [0, 0.05) is 22.8 Å². The fourth-order valence-corrected chi connectivity index (χ4v) is 3.27. The molecule has 0 atom stereocenters. The van der Waals surface area contributed by atoms with Gasteiger partial charge >= 0.3 is 0 Å². The summed E-state index contributed by atoms with van der Waals surface area (Å²) in [6.45, 7) is 0.730. The van der Waals surface area contributed by atoms with Crippen LogP contribution in [0, 0.1) is 0 Å². The van der Waals surface area contributed by atoms with Crippen LogP contribution in [-0.4, -0.2) is 18.4 Å². The zero-order valence-electron chi connectivity index (χ0n) is 17.7. The summed E-state index contributed by atoms with van der Waals surface area (Å²) >= 11 is 0. The number of carbonyl (C=O) groups excluding carboxylic acids is 1. The Kier molecular flexibility index (Phi) is 6.78. The predicted molar refractivity (Wildman–Crippen MR) is 123 cm³/mol. The second-order valence-corrected chi connectivity index (χ2v) is 7.12. The smallest absolute Gasteiger partial charge is 0.225 e. The highest BCUT2D eigenvalue weighted by Crippen LogP contribution is 2.35. The van der Waals surface area contributed by atoms with Crippen LogP contribution in [-0.2, 0) is 13.2 Å². The van der Waals surface area contributed by atoms with Crippen LogP contribution in [0.1, 0.15) is 21.5 Å². The molecule has 0 aliphatic heterocycles. The van der Waals surface area contributed by atoms with E-state index in [0.29, 0.717) is 47.4 Å². The van der Waals surface area contributed by atoms with E-state index in [4.69, 9.17) is 14.2 Å². The molecular formula is C27H23NO4. The van der Waals surface area contributed by atoms with Gasteiger partial charge in [0.2, 0.25) is 11.8 Å². The summed E-state index contributed by atoms with van der Waals surface area (Å²) < 4.78 is 17.3. The second-order valence-electron chi connectivity index (χ2n) is 7.12. The van der Waals surface area contributed by atoms with Gasteiger partial charge in [-0.2, -0.15) is 4.98 Å². The molecule has 0 spiro atoms. The molecule has 4 aromatic rings. The van der Waals surface area contributed by atoms with Crippen molar-refractivity contribution in [2.24, 2.45) is 0 Å². The first-order chi connectivity index (χ1) is 15.8. The number of hydrogen-bond acceptors (Lipinski definition) is 5. The average molecular weight is 425 g/mol. The van der Waals surface area contributed by atoms with Gasteiger partial charge in [0.05, 0.1) is 7.11 Å². The number of rotatable bonds is 9. The van der Waals surface area contributed by atoms with Crippen molar-refractivity contribution in [2.45, 2.75) is 13.2 Å². The van der Waals surface area contributed by atoms with E-state index in [1.165, 1.54) is 0 Å². The van der Waals surface area contributed by atoms with Crippen LogP contribution in [0.5, 0.6) is 17.5 Å². The van der Waals surface area contributed by atoms with Crippen molar-refractivity contribution < 1.29 is 19.0 Å². The van der Waals surface area contributed by atoms with Crippen LogP contribution in [0.4, 0.5) is 0 Å². The third-order valence-corrected chi connectivity index (χ3v) is 4.96. The molecule has 0 aliphatic rings. The Morgan fingerprint density at radius 2 is 1.41 bits per heavy atom. The highest BCUT2D eigenvalue weighted by molar-refractivity contribution is 5.89. The Labute approximate surface area is 187 Å². The number of aldehydes is 1. The number of carbonyl (C=O) groups is 1. The Hall–Kier alpha value is -4.12. The van der Waals surface area contributed by atoms with Crippen LogP contribution in [0.15, 0.2) is 91.0 Å². The van der Waals surface area contributed by atoms with Crippen molar-refractivity contribution in [1.82, 2.24) is 4.98 Å². The molecule has 0 unspecified atom stereocenters. The molecule has 4 rings (SSSR count). The monoisotopic (exact) mass is 425 g/mol. The first kappa shape index (κ1) is 21.1. The number of methoxy groups -OCH3 is 1. The third kappa shape index (κ3) is 5.13. The molecular weight excluding hydrogens is 402 g/mol. The second kappa shape index (κ2) is 10.3. The lowest BCUT2D eigenvalue weighted by molar-refractivity contribution is 0.112. The molecule has 1 heterocycles. The Morgan fingerprint density at radius 3 is 2.03 bits per heavy atom. The Morgan fingerprint density at radius 1 is 0.750 bits per heavy atom. The molecule has 1 aromatic heterocycles. The summed E-state index contributed by atoms with van der Waals surface area (Å²) in [5.74, 6) is 1.47. The van der Waals surface area contributed by atoms with Crippen LogP contribution in [0.3, 0.4) is 0 Å². The maximum Gasteiger partial charge on any atom is 0.225 e. The molecule has 0 bridgehead atoms. The van der Waals surface area contributed by atoms with Crippen molar-refractivity contribution in [1.29, 1.82) is 0 Å². The van der Waals surface area contributed by atoms with Gasteiger partial charge in [0.1, 0.15) is 19.0 Å². The van der Waals surface area contributed by atoms with Gasteiger partial charge in [-0.3, -0.25) is 4.79 Å². The zero-order valence-corrected chi connectivity index (χ0v) is 17.7. The number of benzene rings is 3. The molecule has 0 radical (unpaired) electrons. The SMILES string of the molecule is COc1ccc(C=O)c(-c2ccc(OCc3ccccc3)nc2OCc2ccccc2)c1. The molecule has 0 N–H and O–H groups in total. The fraction of sp³-hybridized carbons (Fsp3) is 0.111. The largest absolute Gasteiger partial charge is 0.497 e. The van der Waals surface area contributed by atoms with Gasteiger partial charge in [0.25, 0.3) is 0 Å². The standard InChI is InChI=1S/C27H23NO4/c1-30-23-13-12-22(17-29)25(16-23)24-14-15-26(31-18-20-8-4-2-5-9-20)28-27(24)32-19-21-10-6-3-7-11-21/h2-17H,18-19H2,1H3. The summed E-state index contributed by atoms with van der Waals surface area (Å²) in [4.78, 5) is 16.3. The summed E-state index contributed by atoms with van der Waals surface area (Å²) in [5.41, 5.74) is 3.95. The number of hydrogen-bond donors (Lipinski definition) is 0. The zero-order chi connectivity index (χ0) is 22.2. The van der Waals surface area contributed by atoms with Crippen molar-refractivity contribution in [3.8, 4) is 28.6 Å². The topological polar surface area (TPSA) is 57.7 Å². The highest BCUT2D eigenvalue weighted by atomic mass is 16.5. The highest BCUT2D eigenvalue weighted by Gasteiger charge is 2.15. The van der Waals surface area contributed by atoms with Crippen LogP contribution >= 0.6 is 0 Å². The molecule has 32 heavy (non-hydrogen) atoms. The average Bonchev–Trinajstić information content (AvgIpc) is 2.87. The van der Waals surface area contributed by atoms with Crippen molar-refractivity contribution >= 4 is 6.29 Å². The first-order valence-corrected chi connectivity index (χ1v) is 10.2. The number of nitrogens with zero attached hydrogens (tertiary/aromatic N) is 1. The van der Waals surface area contributed by atoms with E-state index in [9.17, 15) is 4.79 Å². The lowest BCUT2D eigenvalue weighted by atomic mass is 10.0. The van der Waals surface area contributed by atoms with Gasteiger partial charge in [-0.1, -0.05) is 60.7 Å². The molecule has 3 aromatic carbocycles. The summed E-state index contributed by atoms with van der Waals surface area (Å²) in [7, 11) is 1.59. The minimum absolute atomic E-state index is 0.337. The first-order valence-electron chi connectivity index (χ1n) is 10.2. The van der Waals surface area contributed by atoms with Crippen molar-refractivity contribution in [3.63, 3.8) is 0 Å². The number of ether oxygens (including phenoxy) is 3. The van der Waals surface area contributed by atoms with Crippen molar-refractivity contribution in [2.75, 3.05) is 7.11 Å². The van der Waals surface area contributed by atoms with E-state index in [0.717, 1.165) is 17.4 Å². The summed E-state index contributed by atoms with van der Waals surface area (Å²) in [5, 5.41) is 0. The summed E-state index contributed by atoms with van der Waals surface area (Å²) in [6, 6.07) is 28.6. The van der Waals surface area contributed by atoms with Gasteiger partial charge in [-0.15, -0.1) is 0 Å². The summed E-state index contributed by atoms with van der Waals surface area (Å²) in [6.07, 6.45) is 0.815. The van der Waals surface area contributed by atoms with E-state index in [1.54, 1.807) is 31.4 Å². The molecule has 0 fully saturated rings. The molecule has 0 aliphatic carbocycles. The minimum atomic E-state index is 0.337. The van der Waals surface area contributed by atoms with E-state index in [2.05, 4.69) is 4.98 Å². The van der Waals surface area contributed by atoms with Gasteiger partial charge in [0.15, 0.2) is 6.29 Å². The van der Waals surface area contributed by atoms with Gasteiger partial charge in [-0.25, -0.2) is 0 Å². The van der Waals surface area contributed by atoms with Gasteiger partial charge in [-0.05, 0) is 35.4 Å². The minimum Gasteiger partial charge on any atom is -0.497 e. The molecule has 0 saturated carbocycles. The number of aromatic nitrogens is 1. The lowest BCUT2D eigenvalue weighted by Gasteiger charge is -2.15. The molecule has 160 valence electrons. The molecule has 0 saturated heterocycles. The van der Waals surface area contributed by atoms with Crippen molar-refractivity contribution in [3.05, 3.63) is 108 Å². The Balaban J connectivity index is 1.67. The van der Waals surface area contributed by atoms with E-state index in [-0.39, 0.29) is 0 Å². The molecule has 0 amide bonds. The van der Waals surface area contributed by atoms with E-state index >= 15 is 0 Å². The molecule has 5 heteroatoms. The third-order valence-electron chi connectivity index (χ3n) is 4.96. The maximum atomic E-state index is 11.7. The quantitative estimate of drug-likeness (QED) is 0.321. The van der Waals surface area contributed by atoms with Crippen LogP contribution in [0.25, 0.3) is 11.1 Å². The predicted octanol–water partition coefficient (Wildman–Crippen LogP) is 5.73. The van der Waals surface area contributed by atoms with Crippen LogP contribution in [0.2, 0.25) is 0 Å². The fourth-order valence-electron chi connectivity index (χ4n) is 3.27. The van der Waals surface area contributed by atoms with Crippen LogP contribution < -0.4 is 14.2 Å². The van der Waals surface area contributed by atoms with E-state index in [1.807, 2.05) is 66.7 Å². The van der Waals surface area contributed by atoms with Gasteiger partial charge < -0.3 is 14.2 Å². The normalized spacial score (nSPS) is 10.4. The number of pyridine rings is 1. The maximum absolute atomic E-state index is 11.7. The Bertz CT molecular complexity index is 1180.